The molecule has 0 bridgehead atoms. The predicted octanol–water partition coefficient (Wildman–Crippen LogP) is 2.61. The standard InChI is InChI=1S/C21H22N2O5/c1-13(15-9-16(26-2)11-17(10-15)27-3)19(21(25)28-4)18(20(22)24)8-14-6-5-7-23-12-14/h5-12H,1-4H3,(H2,22,24)/b18-8+,19-13-. The fourth-order valence-electron chi connectivity index (χ4n) is 2.63. The molecule has 0 aliphatic carbocycles. The van der Waals surface area contributed by atoms with Crippen LogP contribution in [0.4, 0.5) is 0 Å². The van der Waals surface area contributed by atoms with Crippen molar-refractivity contribution in [3.05, 3.63) is 65.0 Å². The van der Waals surface area contributed by atoms with Crippen molar-refractivity contribution in [3.63, 3.8) is 0 Å². The van der Waals surface area contributed by atoms with Gasteiger partial charge >= 0.3 is 5.97 Å². The lowest BCUT2D eigenvalue weighted by Gasteiger charge is -2.14. The van der Waals surface area contributed by atoms with Crippen LogP contribution in [0.25, 0.3) is 11.6 Å². The number of nitrogens with zero attached hydrogens (tertiary/aromatic N) is 1. The summed E-state index contributed by atoms with van der Waals surface area (Å²) < 4.78 is 15.5. The van der Waals surface area contributed by atoms with E-state index >= 15 is 0 Å². The van der Waals surface area contributed by atoms with Crippen molar-refractivity contribution in [2.45, 2.75) is 6.92 Å². The molecule has 7 nitrogen and oxygen atoms in total. The number of aromatic nitrogens is 1. The zero-order chi connectivity index (χ0) is 20.7. The van der Waals surface area contributed by atoms with Crippen molar-refractivity contribution < 1.29 is 23.8 Å². The Morgan fingerprint density at radius 1 is 1.07 bits per heavy atom. The first-order valence-corrected chi connectivity index (χ1v) is 8.35. The molecular weight excluding hydrogens is 360 g/mol. The van der Waals surface area contributed by atoms with Crippen LogP contribution in [0.5, 0.6) is 11.5 Å². The Morgan fingerprint density at radius 2 is 1.71 bits per heavy atom. The number of rotatable bonds is 7. The number of amides is 1. The Bertz CT molecular complexity index is 911. The number of nitrogens with two attached hydrogens (primary N) is 1. The number of carbonyl (C=O) groups excluding carboxylic acids is 2. The normalized spacial score (nSPS) is 12.1. The first-order valence-electron chi connectivity index (χ1n) is 8.35. The zero-order valence-electron chi connectivity index (χ0n) is 16.2. The summed E-state index contributed by atoms with van der Waals surface area (Å²) in [6.07, 6.45) is 4.66. The number of primary amides is 1. The average molecular weight is 382 g/mol. The largest absolute Gasteiger partial charge is 0.497 e. The molecule has 0 saturated heterocycles. The van der Waals surface area contributed by atoms with Crippen molar-refractivity contribution >= 4 is 23.5 Å². The number of carbonyl (C=O) groups is 2. The van der Waals surface area contributed by atoms with Crippen LogP contribution >= 0.6 is 0 Å². The number of methoxy groups -OCH3 is 3. The highest BCUT2D eigenvalue weighted by atomic mass is 16.5. The molecule has 0 aliphatic heterocycles. The summed E-state index contributed by atoms with van der Waals surface area (Å²) in [7, 11) is 4.29. The molecule has 0 atom stereocenters. The molecule has 146 valence electrons. The lowest BCUT2D eigenvalue weighted by atomic mass is 9.93. The summed E-state index contributed by atoms with van der Waals surface area (Å²) in [4.78, 5) is 28.8. The smallest absolute Gasteiger partial charge is 0.338 e. The number of pyridine rings is 1. The topological polar surface area (TPSA) is 101 Å². The van der Waals surface area contributed by atoms with Gasteiger partial charge in [-0.2, -0.15) is 0 Å². The highest BCUT2D eigenvalue weighted by Crippen LogP contribution is 2.31. The van der Waals surface area contributed by atoms with Crippen LogP contribution in [0.2, 0.25) is 0 Å². The van der Waals surface area contributed by atoms with Gasteiger partial charge in [0.1, 0.15) is 11.5 Å². The molecule has 2 N–H and O–H groups in total. The second-order valence-corrected chi connectivity index (χ2v) is 5.80. The monoisotopic (exact) mass is 382 g/mol. The van der Waals surface area contributed by atoms with Crippen LogP contribution in [0, 0.1) is 0 Å². The van der Waals surface area contributed by atoms with Gasteiger partial charge in [0.2, 0.25) is 5.91 Å². The Labute approximate surface area is 163 Å². The minimum Gasteiger partial charge on any atom is -0.497 e. The van der Waals surface area contributed by atoms with E-state index < -0.39 is 11.9 Å². The van der Waals surface area contributed by atoms with Crippen molar-refractivity contribution in [2.75, 3.05) is 21.3 Å². The number of allylic oxidation sites excluding steroid dienone is 1. The summed E-state index contributed by atoms with van der Waals surface area (Å²) in [5.74, 6) is -0.378. The molecule has 2 aromatic rings. The van der Waals surface area contributed by atoms with Crippen LogP contribution < -0.4 is 15.2 Å². The van der Waals surface area contributed by atoms with Gasteiger partial charge in [-0.25, -0.2) is 4.79 Å². The maximum absolute atomic E-state index is 12.6. The third kappa shape index (κ3) is 4.76. The predicted molar refractivity (Wildman–Crippen MR) is 106 cm³/mol. The van der Waals surface area contributed by atoms with E-state index in [1.165, 1.54) is 27.4 Å². The van der Waals surface area contributed by atoms with Gasteiger partial charge in [-0.15, -0.1) is 0 Å². The Kier molecular flexibility index (Phi) is 6.92. The van der Waals surface area contributed by atoms with Gasteiger partial charge in [0.15, 0.2) is 0 Å². The molecule has 0 spiro atoms. The molecule has 0 unspecified atom stereocenters. The van der Waals surface area contributed by atoms with Gasteiger partial charge in [-0.3, -0.25) is 9.78 Å². The first-order chi connectivity index (χ1) is 13.4. The third-order valence-corrected chi connectivity index (χ3v) is 4.08. The van der Waals surface area contributed by atoms with Crippen LogP contribution in [-0.2, 0) is 14.3 Å². The van der Waals surface area contributed by atoms with Gasteiger partial charge < -0.3 is 19.9 Å². The maximum atomic E-state index is 12.6. The van der Waals surface area contributed by atoms with E-state index in [4.69, 9.17) is 19.9 Å². The van der Waals surface area contributed by atoms with E-state index in [-0.39, 0.29) is 11.1 Å². The van der Waals surface area contributed by atoms with Gasteiger partial charge in [0.05, 0.1) is 32.5 Å². The molecule has 1 amide bonds. The summed E-state index contributed by atoms with van der Waals surface area (Å²) in [5, 5.41) is 0. The van der Waals surface area contributed by atoms with Gasteiger partial charge in [-0.1, -0.05) is 6.07 Å². The second kappa shape index (κ2) is 9.36. The second-order valence-electron chi connectivity index (χ2n) is 5.80. The minimum absolute atomic E-state index is 0.0131. The summed E-state index contributed by atoms with van der Waals surface area (Å²) in [6.45, 7) is 1.69. The van der Waals surface area contributed by atoms with Crippen molar-refractivity contribution in [1.82, 2.24) is 4.98 Å². The van der Waals surface area contributed by atoms with Gasteiger partial charge in [-0.05, 0) is 47.9 Å². The van der Waals surface area contributed by atoms with E-state index in [2.05, 4.69) is 4.98 Å². The number of hydrogen-bond acceptors (Lipinski definition) is 6. The molecule has 0 aliphatic rings. The average Bonchev–Trinajstić information content (AvgIpc) is 2.72. The molecule has 7 heteroatoms. The highest BCUT2D eigenvalue weighted by Gasteiger charge is 2.24. The number of benzene rings is 1. The van der Waals surface area contributed by atoms with Crippen LogP contribution in [0.3, 0.4) is 0 Å². The summed E-state index contributed by atoms with van der Waals surface area (Å²) in [6, 6.07) is 8.61. The molecule has 28 heavy (non-hydrogen) atoms. The molecule has 0 saturated carbocycles. The van der Waals surface area contributed by atoms with E-state index in [1.807, 2.05) is 0 Å². The number of esters is 1. The maximum Gasteiger partial charge on any atom is 0.338 e. The molecule has 1 aromatic heterocycles. The fourth-order valence-corrected chi connectivity index (χ4v) is 2.63. The lowest BCUT2D eigenvalue weighted by Crippen LogP contribution is -2.21. The van der Waals surface area contributed by atoms with Gasteiger partial charge in [0, 0.05) is 18.5 Å². The van der Waals surface area contributed by atoms with Gasteiger partial charge in [0.25, 0.3) is 0 Å². The quantitative estimate of drug-likeness (QED) is 0.449. The Balaban J connectivity index is 2.75. The van der Waals surface area contributed by atoms with Crippen LogP contribution in [-0.4, -0.2) is 38.2 Å². The van der Waals surface area contributed by atoms with E-state index in [0.717, 1.165) is 0 Å². The molecule has 1 aromatic carbocycles. The number of ether oxygens (including phenoxy) is 3. The van der Waals surface area contributed by atoms with E-state index in [0.29, 0.717) is 28.2 Å². The van der Waals surface area contributed by atoms with Crippen LogP contribution in [0.15, 0.2) is 53.9 Å². The lowest BCUT2D eigenvalue weighted by molar-refractivity contribution is -0.136. The first kappa shape index (κ1) is 20.7. The SMILES string of the molecule is COC(=O)C(=C(/C)c1cc(OC)cc(OC)c1)/C(=C\c1cccnc1)C(N)=O. The molecule has 0 fully saturated rings. The molecular formula is C21H22N2O5. The fraction of sp³-hybridized carbons (Fsp3) is 0.190. The highest BCUT2D eigenvalue weighted by molar-refractivity contribution is 6.15. The van der Waals surface area contributed by atoms with E-state index in [1.54, 1.807) is 49.6 Å². The Morgan fingerprint density at radius 3 is 2.18 bits per heavy atom. The van der Waals surface area contributed by atoms with Crippen molar-refractivity contribution in [3.8, 4) is 11.5 Å². The van der Waals surface area contributed by atoms with E-state index in [9.17, 15) is 9.59 Å². The molecule has 1 heterocycles. The van der Waals surface area contributed by atoms with Crippen molar-refractivity contribution in [1.29, 1.82) is 0 Å². The zero-order valence-corrected chi connectivity index (χ0v) is 16.2. The third-order valence-electron chi connectivity index (χ3n) is 4.08. The van der Waals surface area contributed by atoms with Crippen molar-refractivity contribution in [2.24, 2.45) is 5.73 Å². The summed E-state index contributed by atoms with van der Waals surface area (Å²) >= 11 is 0. The molecule has 0 radical (unpaired) electrons. The Hall–Kier alpha value is -3.61. The summed E-state index contributed by atoms with van der Waals surface area (Å²) in [5.41, 5.74) is 7.37. The minimum atomic E-state index is -0.765. The van der Waals surface area contributed by atoms with Crippen LogP contribution in [0.1, 0.15) is 18.1 Å². The molecule has 2 rings (SSSR count). The number of hydrogen-bond donors (Lipinski definition) is 1.